The summed E-state index contributed by atoms with van der Waals surface area (Å²) < 4.78 is 38.5. The Morgan fingerprint density at radius 2 is 1.20 bits per heavy atom. The minimum atomic E-state index is -0.612. The average Bonchev–Trinajstić information content (AvgIpc) is 3.14. The third kappa shape index (κ3) is 11.7. The summed E-state index contributed by atoms with van der Waals surface area (Å²) >= 11 is 0. The molecule has 0 spiro atoms. The molecular weight excluding hydrogens is 662 g/mol. The number of aromatic hydroxyl groups is 1. The maximum atomic E-state index is 13.9. The number of anilines is 5. The fraction of sp³-hybridized carbons (Fsp3) is 0.194. The number of nitrogens with zero attached hydrogens (tertiary/aromatic N) is 3. The highest BCUT2D eigenvalue weighted by Crippen LogP contribution is 2.21. The normalized spacial score (nSPS) is 10.7. The van der Waals surface area contributed by atoms with Crippen LogP contribution in [0.2, 0.25) is 0 Å². The van der Waals surface area contributed by atoms with Crippen molar-refractivity contribution < 1.29 is 33.0 Å². The van der Waals surface area contributed by atoms with Gasteiger partial charge in [0.15, 0.2) is 0 Å². The maximum Gasteiger partial charge on any atom is 0.251 e. The van der Waals surface area contributed by atoms with Gasteiger partial charge in [-0.15, -0.1) is 0 Å². The van der Waals surface area contributed by atoms with Gasteiger partial charge < -0.3 is 41.2 Å². The summed E-state index contributed by atoms with van der Waals surface area (Å²) in [6.07, 6.45) is 0. The third-order valence-electron chi connectivity index (χ3n) is 7.08. The summed E-state index contributed by atoms with van der Waals surface area (Å²) in [7, 11) is 0. The number of amides is 2. The van der Waals surface area contributed by atoms with Crippen molar-refractivity contribution in [2.24, 2.45) is 0 Å². The van der Waals surface area contributed by atoms with Crippen LogP contribution in [0.3, 0.4) is 0 Å². The summed E-state index contributed by atoms with van der Waals surface area (Å²) in [5.74, 6) is -1.05. The van der Waals surface area contributed by atoms with Crippen LogP contribution in [0.25, 0.3) is 0 Å². The van der Waals surface area contributed by atoms with Crippen LogP contribution in [0.5, 0.6) is 5.75 Å². The van der Waals surface area contributed by atoms with Crippen LogP contribution in [-0.4, -0.2) is 71.4 Å². The van der Waals surface area contributed by atoms with E-state index in [1.807, 2.05) is 6.07 Å². The van der Waals surface area contributed by atoms with E-state index in [-0.39, 0.29) is 41.6 Å². The molecule has 1 aromatic heterocycles. The Morgan fingerprint density at radius 1 is 0.627 bits per heavy atom. The van der Waals surface area contributed by atoms with Crippen molar-refractivity contribution in [3.05, 3.63) is 125 Å². The predicted octanol–water partition coefficient (Wildman–Crippen LogP) is 5.15. The molecule has 0 atom stereocenters. The number of hydrogen-bond donors (Lipinski definition) is 6. The van der Waals surface area contributed by atoms with E-state index in [0.29, 0.717) is 62.0 Å². The van der Waals surface area contributed by atoms with E-state index in [1.54, 1.807) is 60.7 Å². The molecule has 2 amide bonds. The molecule has 6 N–H and O–H groups in total. The number of hydrogen-bond acceptors (Lipinski definition) is 11. The fourth-order valence-corrected chi connectivity index (χ4v) is 4.52. The van der Waals surface area contributed by atoms with Gasteiger partial charge in [0, 0.05) is 47.7 Å². The molecule has 0 bridgehead atoms. The van der Waals surface area contributed by atoms with E-state index >= 15 is 0 Å². The first kappa shape index (κ1) is 36.1. The first-order chi connectivity index (χ1) is 24.8. The molecule has 0 aliphatic heterocycles. The molecule has 51 heavy (non-hydrogen) atoms. The lowest BCUT2D eigenvalue weighted by Gasteiger charge is -2.12. The van der Waals surface area contributed by atoms with Gasteiger partial charge in [-0.05, 0) is 78.9 Å². The van der Waals surface area contributed by atoms with E-state index in [1.165, 1.54) is 12.1 Å². The third-order valence-corrected chi connectivity index (χ3v) is 7.08. The molecule has 5 aromatic rings. The second-order valence-electron chi connectivity index (χ2n) is 10.9. The van der Waals surface area contributed by atoms with Crippen LogP contribution in [-0.2, 0) is 16.0 Å². The number of phenolic OH excluding ortho intramolecular Hbond substituents is 1. The lowest BCUT2D eigenvalue weighted by molar-refractivity contribution is 0.0519. The zero-order valence-corrected chi connectivity index (χ0v) is 27.4. The highest BCUT2D eigenvalue weighted by atomic mass is 19.1. The van der Waals surface area contributed by atoms with Gasteiger partial charge in [-0.25, -0.2) is 8.78 Å². The van der Waals surface area contributed by atoms with E-state index in [9.17, 15) is 23.5 Å². The number of carbonyl (C=O) groups excluding carboxylic acids is 2. The molecule has 0 fully saturated rings. The van der Waals surface area contributed by atoms with Gasteiger partial charge in [-0.1, -0.05) is 18.2 Å². The Labute approximate surface area is 292 Å². The maximum absolute atomic E-state index is 13.9. The first-order valence-corrected chi connectivity index (χ1v) is 16.0. The molecule has 264 valence electrons. The fourth-order valence-electron chi connectivity index (χ4n) is 4.52. The molecule has 1 heterocycles. The number of ether oxygens (including phenoxy) is 2. The minimum Gasteiger partial charge on any atom is -0.508 e. The number of nitrogens with one attached hydrogen (secondary N) is 5. The zero-order chi connectivity index (χ0) is 35.8. The minimum absolute atomic E-state index is 0.0383. The molecule has 0 saturated heterocycles. The molecule has 15 heteroatoms. The molecule has 0 unspecified atom stereocenters. The monoisotopic (exact) mass is 698 g/mol. The highest BCUT2D eigenvalue weighted by molar-refractivity contribution is 5.94. The number of phenols is 1. The second-order valence-corrected chi connectivity index (χ2v) is 10.9. The molecule has 13 nitrogen and oxygen atoms in total. The Balaban J connectivity index is 1.10. The number of aromatic nitrogens is 3. The summed E-state index contributed by atoms with van der Waals surface area (Å²) in [4.78, 5) is 38.0. The van der Waals surface area contributed by atoms with Gasteiger partial charge in [-0.3, -0.25) is 9.59 Å². The largest absolute Gasteiger partial charge is 0.508 e. The van der Waals surface area contributed by atoms with Gasteiger partial charge >= 0.3 is 0 Å². The number of halogens is 2. The quantitative estimate of drug-likeness (QED) is 0.0528. The number of carbonyl (C=O) groups is 2. The molecule has 0 radical (unpaired) electrons. The SMILES string of the molecule is O=C(NCCOCCOCCNc1nc(Nc2ccc(O)cc2)nc(Nc2ccc(C(=O)NCc3cc(F)ccc3F)cc2)n1)c1ccccc1. The van der Waals surface area contributed by atoms with E-state index in [2.05, 4.69) is 41.5 Å². The molecule has 4 aromatic carbocycles. The Bertz CT molecular complexity index is 1880. The van der Waals surface area contributed by atoms with Crippen molar-refractivity contribution in [2.75, 3.05) is 55.5 Å². The van der Waals surface area contributed by atoms with Crippen molar-refractivity contribution in [2.45, 2.75) is 6.54 Å². The van der Waals surface area contributed by atoms with Gasteiger partial charge in [0.05, 0.1) is 26.4 Å². The van der Waals surface area contributed by atoms with Crippen molar-refractivity contribution in [3.8, 4) is 5.75 Å². The van der Waals surface area contributed by atoms with Crippen molar-refractivity contribution in [1.29, 1.82) is 0 Å². The molecule has 0 aliphatic rings. The summed E-state index contributed by atoms with van der Waals surface area (Å²) in [6.45, 7) is 1.97. The first-order valence-electron chi connectivity index (χ1n) is 16.0. The van der Waals surface area contributed by atoms with E-state index in [0.717, 1.165) is 18.2 Å². The highest BCUT2D eigenvalue weighted by Gasteiger charge is 2.11. The molecular formula is C36H36F2N8O5. The smallest absolute Gasteiger partial charge is 0.251 e. The van der Waals surface area contributed by atoms with Gasteiger partial charge in [0.2, 0.25) is 17.8 Å². The topological polar surface area (TPSA) is 172 Å². The van der Waals surface area contributed by atoms with Gasteiger partial charge in [0.25, 0.3) is 11.8 Å². The van der Waals surface area contributed by atoms with Crippen molar-refractivity contribution in [1.82, 2.24) is 25.6 Å². The van der Waals surface area contributed by atoms with E-state index in [4.69, 9.17) is 9.47 Å². The van der Waals surface area contributed by atoms with Crippen LogP contribution in [0, 0.1) is 11.6 Å². The zero-order valence-electron chi connectivity index (χ0n) is 27.4. The van der Waals surface area contributed by atoms with E-state index < -0.39 is 17.5 Å². The Hall–Kier alpha value is -6.19. The lowest BCUT2D eigenvalue weighted by atomic mass is 10.1. The molecule has 5 rings (SSSR count). The van der Waals surface area contributed by atoms with Crippen LogP contribution in [0.1, 0.15) is 26.3 Å². The van der Waals surface area contributed by atoms with Crippen LogP contribution < -0.4 is 26.6 Å². The lowest BCUT2D eigenvalue weighted by Crippen LogP contribution is -2.27. The molecule has 0 aliphatic carbocycles. The van der Waals surface area contributed by atoms with Crippen molar-refractivity contribution in [3.63, 3.8) is 0 Å². The van der Waals surface area contributed by atoms with Crippen molar-refractivity contribution >= 4 is 41.0 Å². The Kier molecular flexibility index (Phi) is 13.1. The standard InChI is InChI=1S/C36H36F2N8O5/c37-27-8-15-31(38)26(22-27)23-41-33(49)25-6-9-28(10-7-25)42-35-44-34(45-36(46-35)43-29-11-13-30(47)14-12-29)40-17-19-51-21-20-50-18-16-39-32(48)24-4-2-1-3-5-24/h1-15,22,47H,16-21,23H2,(H,39,48)(H,41,49)(H3,40,42,43,44,45,46). The van der Waals surface area contributed by atoms with Gasteiger partial charge in [0.1, 0.15) is 17.4 Å². The summed E-state index contributed by atoms with van der Waals surface area (Å²) in [6, 6.07) is 24.8. The second kappa shape index (κ2) is 18.5. The molecule has 0 saturated carbocycles. The summed E-state index contributed by atoms with van der Waals surface area (Å²) in [5.41, 5.74) is 2.14. The average molecular weight is 699 g/mol. The van der Waals surface area contributed by atoms with Crippen LogP contribution >= 0.6 is 0 Å². The van der Waals surface area contributed by atoms with Crippen LogP contribution in [0.4, 0.5) is 38.0 Å². The number of benzene rings is 4. The van der Waals surface area contributed by atoms with Gasteiger partial charge in [-0.2, -0.15) is 15.0 Å². The summed E-state index contributed by atoms with van der Waals surface area (Å²) in [5, 5.41) is 24.3. The number of rotatable bonds is 18. The Morgan fingerprint density at radius 3 is 1.86 bits per heavy atom. The van der Waals surface area contributed by atoms with Crippen LogP contribution in [0.15, 0.2) is 97.1 Å². The predicted molar refractivity (Wildman–Crippen MR) is 187 cm³/mol.